The molecule has 0 unspecified atom stereocenters. The molecule has 0 saturated carbocycles. The van der Waals surface area contributed by atoms with E-state index in [1.807, 2.05) is 0 Å². The van der Waals surface area contributed by atoms with Crippen molar-refractivity contribution in [3.63, 3.8) is 0 Å². The van der Waals surface area contributed by atoms with Crippen LogP contribution >= 0.6 is 0 Å². The first kappa shape index (κ1) is 18.0. The monoisotopic (exact) mass is 359 g/mol. The van der Waals surface area contributed by atoms with E-state index in [9.17, 15) is 9.59 Å². The van der Waals surface area contributed by atoms with E-state index < -0.39 is 18.0 Å². The molecule has 0 bridgehead atoms. The number of methoxy groups -OCH3 is 1. The van der Waals surface area contributed by atoms with Crippen molar-refractivity contribution < 1.29 is 28.2 Å². The number of hydrogen-bond donors (Lipinski definition) is 1. The third-order valence-corrected chi connectivity index (χ3v) is 4.13. The summed E-state index contributed by atoms with van der Waals surface area (Å²) in [6.07, 6.45) is 2.06. The highest BCUT2D eigenvalue weighted by Crippen LogP contribution is 2.28. The predicted octanol–water partition coefficient (Wildman–Crippen LogP) is 2.48. The van der Waals surface area contributed by atoms with Gasteiger partial charge in [0.15, 0.2) is 0 Å². The van der Waals surface area contributed by atoms with Crippen LogP contribution in [0.15, 0.2) is 47.1 Å². The van der Waals surface area contributed by atoms with E-state index in [0.29, 0.717) is 24.5 Å². The Balaban J connectivity index is 1.78. The number of ether oxygens (including phenoxy) is 3. The first-order valence-corrected chi connectivity index (χ1v) is 8.45. The third-order valence-electron chi connectivity index (χ3n) is 4.13. The lowest BCUT2D eigenvalue weighted by molar-refractivity contribution is -0.131. The van der Waals surface area contributed by atoms with Crippen LogP contribution < -0.4 is 10.1 Å². The number of furan rings is 1. The standard InChI is InChI=1S/C19H21NO6/c1-23-15-8-3-2-7-14(15)17(26-19(22)16-9-5-11-25-16)18(21)20-12-13-6-4-10-24-13/h2-3,5,7-9,11,13,17H,4,6,10,12H2,1H3,(H,20,21)/t13-,17-/m0/s1. The highest BCUT2D eigenvalue weighted by Gasteiger charge is 2.30. The van der Waals surface area contributed by atoms with Crippen LogP contribution in [0.4, 0.5) is 0 Å². The van der Waals surface area contributed by atoms with E-state index in [1.54, 1.807) is 30.3 Å². The van der Waals surface area contributed by atoms with Gasteiger partial charge >= 0.3 is 5.97 Å². The minimum Gasteiger partial charge on any atom is -0.496 e. The quantitative estimate of drug-likeness (QED) is 0.764. The average molecular weight is 359 g/mol. The summed E-state index contributed by atoms with van der Waals surface area (Å²) in [5, 5.41) is 2.80. The Hall–Kier alpha value is -2.80. The molecule has 1 aliphatic rings. The first-order valence-electron chi connectivity index (χ1n) is 8.45. The summed E-state index contributed by atoms with van der Waals surface area (Å²) >= 11 is 0. The molecule has 2 heterocycles. The molecule has 1 saturated heterocycles. The lowest BCUT2D eigenvalue weighted by Crippen LogP contribution is -2.37. The van der Waals surface area contributed by atoms with Gasteiger partial charge in [-0.05, 0) is 31.0 Å². The van der Waals surface area contributed by atoms with Gasteiger partial charge in [-0.25, -0.2) is 4.79 Å². The normalized spacial score (nSPS) is 17.5. The average Bonchev–Trinajstić information content (AvgIpc) is 3.38. The zero-order valence-electron chi connectivity index (χ0n) is 14.5. The molecule has 2 atom stereocenters. The van der Waals surface area contributed by atoms with Crippen molar-refractivity contribution in [2.24, 2.45) is 0 Å². The highest BCUT2D eigenvalue weighted by atomic mass is 16.6. The second-order valence-electron chi connectivity index (χ2n) is 5.88. The van der Waals surface area contributed by atoms with Gasteiger partial charge < -0.3 is 23.9 Å². The summed E-state index contributed by atoms with van der Waals surface area (Å²) in [6.45, 7) is 1.06. The maximum atomic E-state index is 12.7. The van der Waals surface area contributed by atoms with E-state index in [2.05, 4.69) is 5.32 Å². The number of amides is 1. The molecule has 1 amide bonds. The van der Waals surface area contributed by atoms with E-state index >= 15 is 0 Å². The molecule has 0 radical (unpaired) electrons. The lowest BCUT2D eigenvalue weighted by atomic mass is 10.1. The largest absolute Gasteiger partial charge is 0.496 e. The smallest absolute Gasteiger partial charge is 0.375 e. The summed E-state index contributed by atoms with van der Waals surface area (Å²) in [5.74, 6) is -0.683. The molecule has 26 heavy (non-hydrogen) atoms. The van der Waals surface area contributed by atoms with E-state index in [-0.39, 0.29) is 11.9 Å². The van der Waals surface area contributed by atoms with Crippen LogP contribution in [0, 0.1) is 0 Å². The Labute approximate surface area is 151 Å². The lowest BCUT2D eigenvalue weighted by Gasteiger charge is -2.20. The minimum atomic E-state index is -1.16. The zero-order valence-corrected chi connectivity index (χ0v) is 14.5. The molecule has 1 aromatic carbocycles. The Morgan fingerprint density at radius 1 is 1.27 bits per heavy atom. The first-order chi connectivity index (χ1) is 12.7. The van der Waals surface area contributed by atoms with Crippen LogP contribution in [0.5, 0.6) is 5.75 Å². The fourth-order valence-corrected chi connectivity index (χ4v) is 2.81. The van der Waals surface area contributed by atoms with Gasteiger partial charge in [-0.3, -0.25) is 4.79 Å². The van der Waals surface area contributed by atoms with Crippen LogP contribution in [-0.2, 0) is 14.3 Å². The van der Waals surface area contributed by atoms with Crippen molar-refractivity contribution >= 4 is 11.9 Å². The highest BCUT2D eigenvalue weighted by molar-refractivity contribution is 5.91. The summed E-state index contributed by atoms with van der Waals surface area (Å²) in [7, 11) is 1.49. The SMILES string of the molecule is COc1ccccc1[C@H](OC(=O)c1ccco1)C(=O)NC[C@@H]1CCCO1. The zero-order chi connectivity index (χ0) is 18.4. The van der Waals surface area contributed by atoms with Crippen molar-refractivity contribution in [2.45, 2.75) is 25.0 Å². The molecular weight excluding hydrogens is 338 g/mol. The molecule has 1 aromatic heterocycles. The molecule has 138 valence electrons. The second-order valence-corrected chi connectivity index (χ2v) is 5.88. The number of benzene rings is 1. The van der Waals surface area contributed by atoms with E-state index in [1.165, 1.54) is 19.4 Å². The van der Waals surface area contributed by atoms with Crippen LogP contribution in [0.2, 0.25) is 0 Å². The van der Waals surface area contributed by atoms with Gasteiger partial charge in [0, 0.05) is 18.7 Å². The van der Waals surface area contributed by atoms with Crippen molar-refractivity contribution in [1.82, 2.24) is 5.32 Å². The molecule has 0 aliphatic carbocycles. The molecule has 0 spiro atoms. The van der Waals surface area contributed by atoms with Gasteiger partial charge in [0.1, 0.15) is 5.75 Å². The van der Waals surface area contributed by atoms with Crippen LogP contribution in [-0.4, -0.2) is 38.2 Å². The van der Waals surface area contributed by atoms with Gasteiger partial charge in [0.25, 0.3) is 5.91 Å². The molecule has 7 heteroatoms. The van der Waals surface area contributed by atoms with Gasteiger partial charge in [-0.15, -0.1) is 0 Å². The van der Waals surface area contributed by atoms with Gasteiger partial charge in [0.05, 0.1) is 19.5 Å². The summed E-state index contributed by atoms with van der Waals surface area (Å²) < 4.78 is 21.3. The summed E-state index contributed by atoms with van der Waals surface area (Å²) in [4.78, 5) is 25.0. The maximum absolute atomic E-state index is 12.7. The van der Waals surface area contributed by atoms with Gasteiger partial charge in [-0.2, -0.15) is 0 Å². The number of hydrogen-bond acceptors (Lipinski definition) is 6. The summed E-state index contributed by atoms with van der Waals surface area (Å²) in [6, 6.07) is 9.97. The molecule has 1 N–H and O–H groups in total. The third kappa shape index (κ3) is 4.23. The predicted molar refractivity (Wildman–Crippen MR) is 91.8 cm³/mol. The Bertz CT molecular complexity index is 736. The number of para-hydroxylation sites is 1. The van der Waals surface area contributed by atoms with Crippen LogP contribution in [0.3, 0.4) is 0 Å². The van der Waals surface area contributed by atoms with Crippen LogP contribution in [0.1, 0.15) is 35.1 Å². The Morgan fingerprint density at radius 2 is 2.12 bits per heavy atom. The van der Waals surface area contributed by atoms with Crippen molar-refractivity contribution in [3.8, 4) is 5.75 Å². The molecule has 1 aliphatic heterocycles. The number of esters is 1. The van der Waals surface area contributed by atoms with Crippen LogP contribution in [0.25, 0.3) is 0 Å². The van der Waals surface area contributed by atoms with Gasteiger partial charge in [0.2, 0.25) is 11.9 Å². The minimum absolute atomic E-state index is 0.0157. The van der Waals surface area contributed by atoms with Crippen molar-refractivity contribution in [3.05, 3.63) is 54.0 Å². The molecule has 2 aromatic rings. The van der Waals surface area contributed by atoms with Crippen molar-refractivity contribution in [2.75, 3.05) is 20.3 Å². The molecule has 7 nitrogen and oxygen atoms in total. The fourth-order valence-electron chi connectivity index (χ4n) is 2.81. The second kappa shape index (κ2) is 8.53. The summed E-state index contributed by atoms with van der Waals surface area (Å²) in [5.41, 5.74) is 0.458. The van der Waals surface area contributed by atoms with Gasteiger partial charge in [-0.1, -0.05) is 18.2 Å². The van der Waals surface area contributed by atoms with E-state index in [4.69, 9.17) is 18.6 Å². The number of carbonyl (C=O) groups excluding carboxylic acids is 2. The number of rotatable bonds is 7. The van der Waals surface area contributed by atoms with Crippen molar-refractivity contribution in [1.29, 1.82) is 0 Å². The topological polar surface area (TPSA) is 87.0 Å². The Morgan fingerprint density at radius 3 is 2.81 bits per heavy atom. The molecule has 1 fully saturated rings. The Kier molecular flexibility index (Phi) is 5.91. The molecular formula is C19H21NO6. The fraction of sp³-hybridized carbons (Fsp3) is 0.368. The van der Waals surface area contributed by atoms with E-state index in [0.717, 1.165) is 12.8 Å². The number of nitrogens with one attached hydrogen (secondary N) is 1. The molecule has 3 rings (SSSR count). The maximum Gasteiger partial charge on any atom is 0.375 e. The number of carbonyl (C=O) groups is 2.